The molecule has 0 unspecified atom stereocenters. The van der Waals surface area contributed by atoms with Crippen molar-refractivity contribution >= 4 is 17.5 Å². The average molecular weight is 272 g/mol. The Morgan fingerprint density at radius 2 is 2.39 bits per heavy atom. The number of nitrogens with one attached hydrogen (secondary N) is 1. The van der Waals surface area contributed by atoms with E-state index in [9.17, 15) is 9.18 Å². The summed E-state index contributed by atoms with van der Waals surface area (Å²) in [6.45, 7) is 1.96. The number of hydrogen-bond donors (Lipinski definition) is 1. The normalized spacial score (nSPS) is 19.6. The predicted molar refractivity (Wildman–Crippen MR) is 67.3 cm³/mol. The van der Waals surface area contributed by atoms with Gasteiger partial charge in [0, 0.05) is 18.2 Å². The van der Waals surface area contributed by atoms with Gasteiger partial charge < -0.3 is 10.1 Å². The molecule has 1 aliphatic heterocycles. The smallest absolute Gasteiger partial charge is 0.254 e. The molecule has 0 aliphatic carbocycles. The van der Waals surface area contributed by atoms with Gasteiger partial charge in [-0.2, -0.15) is 0 Å². The average Bonchev–Trinajstić information content (AvgIpc) is 2.37. The molecule has 98 valence electrons. The first-order valence-electron chi connectivity index (χ1n) is 5.98. The fraction of sp³-hybridized carbons (Fsp3) is 0.462. The SMILES string of the molecule is O=C(NC[C@H]1CCCOC1)c1ccc(Cl)cc1F. The third-order valence-electron chi connectivity index (χ3n) is 2.98. The van der Waals surface area contributed by atoms with Crippen LogP contribution in [0.1, 0.15) is 23.2 Å². The topological polar surface area (TPSA) is 38.3 Å². The lowest BCUT2D eigenvalue weighted by atomic mass is 10.0. The Morgan fingerprint density at radius 1 is 1.56 bits per heavy atom. The molecule has 0 aromatic heterocycles. The molecular formula is C13H15ClFNO2. The van der Waals surface area contributed by atoms with Gasteiger partial charge in [-0.15, -0.1) is 0 Å². The summed E-state index contributed by atoms with van der Waals surface area (Å²) >= 11 is 5.63. The van der Waals surface area contributed by atoms with Gasteiger partial charge in [-0.05, 0) is 37.0 Å². The minimum Gasteiger partial charge on any atom is -0.381 e. The molecule has 0 saturated carbocycles. The van der Waals surface area contributed by atoms with Gasteiger partial charge in [0.25, 0.3) is 5.91 Å². The number of ether oxygens (including phenoxy) is 1. The molecule has 18 heavy (non-hydrogen) atoms. The van der Waals surface area contributed by atoms with Gasteiger partial charge >= 0.3 is 0 Å². The van der Waals surface area contributed by atoms with Gasteiger partial charge in [0.05, 0.1) is 12.2 Å². The lowest BCUT2D eigenvalue weighted by molar-refractivity contribution is 0.0536. The van der Waals surface area contributed by atoms with Gasteiger partial charge in [-0.3, -0.25) is 4.79 Å². The van der Waals surface area contributed by atoms with Crippen molar-refractivity contribution in [3.8, 4) is 0 Å². The largest absolute Gasteiger partial charge is 0.381 e. The summed E-state index contributed by atoms with van der Waals surface area (Å²) in [7, 11) is 0. The zero-order chi connectivity index (χ0) is 13.0. The van der Waals surface area contributed by atoms with Crippen LogP contribution in [0.4, 0.5) is 4.39 Å². The summed E-state index contributed by atoms with van der Waals surface area (Å²) in [5.41, 5.74) is 0.0242. The lowest BCUT2D eigenvalue weighted by Crippen LogP contribution is -2.33. The van der Waals surface area contributed by atoms with Crippen LogP contribution in [0, 0.1) is 11.7 Å². The van der Waals surface area contributed by atoms with Crippen molar-refractivity contribution in [1.82, 2.24) is 5.32 Å². The van der Waals surface area contributed by atoms with Crippen LogP contribution in [-0.4, -0.2) is 25.7 Å². The molecule has 1 aliphatic rings. The molecule has 0 bridgehead atoms. The summed E-state index contributed by atoms with van der Waals surface area (Å²) in [5, 5.41) is 3.01. The Kier molecular flexibility index (Phi) is 4.55. The Bertz CT molecular complexity index is 433. The molecule has 1 heterocycles. The van der Waals surface area contributed by atoms with E-state index in [4.69, 9.17) is 16.3 Å². The highest BCUT2D eigenvalue weighted by Crippen LogP contribution is 2.15. The van der Waals surface area contributed by atoms with Crippen molar-refractivity contribution in [2.75, 3.05) is 19.8 Å². The van der Waals surface area contributed by atoms with Crippen LogP contribution in [0.15, 0.2) is 18.2 Å². The van der Waals surface area contributed by atoms with E-state index in [1.165, 1.54) is 12.1 Å². The summed E-state index contributed by atoms with van der Waals surface area (Å²) < 4.78 is 18.8. The van der Waals surface area contributed by atoms with Crippen molar-refractivity contribution in [2.45, 2.75) is 12.8 Å². The number of halogens is 2. The predicted octanol–water partition coefficient (Wildman–Crippen LogP) is 2.64. The monoisotopic (exact) mass is 271 g/mol. The van der Waals surface area contributed by atoms with E-state index in [-0.39, 0.29) is 10.6 Å². The molecule has 1 saturated heterocycles. The van der Waals surface area contributed by atoms with Gasteiger partial charge in [-0.25, -0.2) is 4.39 Å². The Hall–Kier alpha value is -1.13. The van der Waals surface area contributed by atoms with E-state index in [1.807, 2.05) is 0 Å². The molecule has 2 rings (SSSR count). The van der Waals surface area contributed by atoms with Gasteiger partial charge in [0.15, 0.2) is 0 Å². The van der Waals surface area contributed by atoms with Crippen LogP contribution in [0.25, 0.3) is 0 Å². The standard InChI is InChI=1S/C13H15ClFNO2/c14-10-3-4-11(12(15)6-10)13(17)16-7-9-2-1-5-18-8-9/h3-4,6,9H,1-2,5,7-8H2,(H,16,17)/t9-/m1/s1. The Labute approximate surface area is 110 Å². The molecule has 0 spiro atoms. The second-order valence-electron chi connectivity index (χ2n) is 4.42. The van der Waals surface area contributed by atoms with E-state index in [2.05, 4.69) is 5.32 Å². The van der Waals surface area contributed by atoms with Crippen LogP contribution in [0.2, 0.25) is 5.02 Å². The second-order valence-corrected chi connectivity index (χ2v) is 4.85. The van der Waals surface area contributed by atoms with Crippen molar-refractivity contribution in [2.24, 2.45) is 5.92 Å². The minimum atomic E-state index is -0.597. The van der Waals surface area contributed by atoms with Gasteiger partial charge in [-0.1, -0.05) is 11.6 Å². The van der Waals surface area contributed by atoms with E-state index in [1.54, 1.807) is 0 Å². The molecule has 1 N–H and O–H groups in total. The van der Waals surface area contributed by atoms with E-state index >= 15 is 0 Å². The maximum atomic E-state index is 13.5. The molecule has 3 nitrogen and oxygen atoms in total. The van der Waals surface area contributed by atoms with Gasteiger partial charge in [0.1, 0.15) is 5.82 Å². The van der Waals surface area contributed by atoms with E-state index in [0.29, 0.717) is 19.1 Å². The summed E-state index contributed by atoms with van der Waals surface area (Å²) in [6, 6.07) is 4.04. The van der Waals surface area contributed by atoms with Crippen LogP contribution in [0.3, 0.4) is 0 Å². The summed E-state index contributed by atoms with van der Waals surface area (Å²) in [5.74, 6) is -0.687. The first-order valence-corrected chi connectivity index (χ1v) is 6.35. The fourth-order valence-electron chi connectivity index (χ4n) is 1.97. The minimum absolute atomic E-state index is 0.0242. The van der Waals surface area contributed by atoms with Crippen molar-refractivity contribution < 1.29 is 13.9 Å². The maximum absolute atomic E-state index is 13.5. The third-order valence-corrected chi connectivity index (χ3v) is 3.22. The van der Waals surface area contributed by atoms with E-state index in [0.717, 1.165) is 25.5 Å². The number of carbonyl (C=O) groups is 1. The first-order chi connectivity index (χ1) is 8.66. The maximum Gasteiger partial charge on any atom is 0.254 e. The highest BCUT2D eigenvalue weighted by Gasteiger charge is 2.17. The fourth-order valence-corrected chi connectivity index (χ4v) is 2.13. The number of rotatable bonds is 3. The highest BCUT2D eigenvalue weighted by atomic mass is 35.5. The molecular weight excluding hydrogens is 257 g/mol. The van der Waals surface area contributed by atoms with Gasteiger partial charge in [0.2, 0.25) is 0 Å². The molecule has 1 amide bonds. The molecule has 1 aromatic carbocycles. The number of carbonyl (C=O) groups excluding carboxylic acids is 1. The number of benzene rings is 1. The van der Waals surface area contributed by atoms with Crippen LogP contribution in [-0.2, 0) is 4.74 Å². The number of hydrogen-bond acceptors (Lipinski definition) is 2. The molecule has 0 radical (unpaired) electrons. The first kappa shape index (κ1) is 13.3. The zero-order valence-corrected chi connectivity index (χ0v) is 10.7. The summed E-state index contributed by atoms with van der Waals surface area (Å²) in [6.07, 6.45) is 2.04. The number of amides is 1. The molecule has 1 aromatic rings. The second kappa shape index (κ2) is 6.16. The Balaban J connectivity index is 1.90. The summed E-state index contributed by atoms with van der Waals surface area (Å²) in [4.78, 5) is 11.8. The highest BCUT2D eigenvalue weighted by molar-refractivity contribution is 6.30. The molecule has 1 fully saturated rings. The Morgan fingerprint density at radius 3 is 3.06 bits per heavy atom. The molecule has 1 atom stereocenters. The lowest BCUT2D eigenvalue weighted by Gasteiger charge is -2.22. The third kappa shape index (κ3) is 3.43. The van der Waals surface area contributed by atoms with Crippen LogP contribution >= 0.6 is 11.6 Å². The molecule has 5 heteroatoms. The van der Waals surface area contributed by atoms with E-state index < -0.39 is 11.7 Å². The zero-order valence-electron chi connectivity index (χ0n) is 9.92. The van der Waals surface area contributed by atoms with Crippen LogP contribution in [0.5, 0.6) is 0 Å². The van der Waals surface area contributed by atoms with Crippen molar-refractivity contribution in [3.63, 3.8) is 0 Å². The van der Waals surface area contributed by atoms with Crippen LogP contribution < -0.4 is 5.32 Å². The van der Waals surface area contributed by atoms with Crippen molar-refractivity contribution in [1.29, 1.82) is 0 Å². The van der Waals surface area contributed by atoms with Crippen molar-refractivity contribution in [3.05, 3.63) is 34.6 Å². The quantitative estimate of drug-likeness (QED) is 0.918.